The maximum atomic E-state index is 13.6. The molecule has 1 spiro atoms. The van der Waals surface area contributed by atoms with E-state index in [9.17, 15) is 14.9 Å². The van der Waals surface area contributed by atoms with Crippen molar-refractivity contribution in [3.05, 3.63) is 65.2 Å². The van der Waals surface area contributed by atoms with Gasteiger partial charge in [-0.3, -0.25) is 4.79 Å². The van der Waals surface area contributed by atoms with Crippen molar-refractivity contribution >= 4 is 11.9 Å². The number of fused-ring (bicyclic) bond motifs is 2. The highest BCUT2D eigenvalue weighted by Gasteiger charge is 2.61. The van der Waals surface area contributed by atoms with Crippen molar-refractivity contribution in [1.29, 1.82) is 5.26 Å². The van der Waals surface area contributed by atoms with Crippen LogP contribution in [0.2, 0.25) is 0 Å². The van der Waals surface area contributed by atoms with Gasteiger partial charge in [0.25, 0.3) is 0 Å². The maximum absolute atomic E-state index is 13.6. The number of para-hydroxylation sites is 1. The van der Waals surface area contributed by atoms with Crippen LogP contribution in [-0.2, 0) is 19.7 Å². The molecule has 3 rings (SSSR count). The van der Waals surface area contributed by atoms with Crippen molar-refractivity contribution in [2.24, 2.45) is 5.73 Å². The Morgan fingerprint density at radius 2 is 2.19 bits per heavy atom. The highest BCUT2D eigenvalue weighted by Crippen LogP contribution is 2.53. The summed E-state index contributed by atoms with van der Waals surface area (Å²) in [6, 6.07) is 8.71. The van der Waals surface area contributed by atoms with E-state index in [1.807, 2.05) is 6.07 Å². The third-order valence-electron chi connectivity index (χ3n) is 4.74. The first-order valence-corrected chi connectivity index (χ1v) is 8.44. The second-order valence-electron chi connectivity index (χ2n) is 6.08. The fourth-order valence-corrected chi connectivity index (χ4v) is 3.70. The number of nitrogens with two attached hydrogens (primary N) is 1. The molecule has 2 N–H and O–H groups in total. The molecule has 2 aliphatic rings. The van der Waals surface area contributed by atoms with Crippen LogP contribution in [0, 0.1) is 11.3 Å². The summed E-state index contributed by atoms with van der Waals surface area (Å²) in [5, 5.41) is 9.83. The van der Waals surface area contributed by atoms with Gasteiger partial charge in [-0.15, -0.1) is 6.58 Å². The Balaban J connectivity index is 2.43. The topological polar surface area (TPSA) is 106 Å². The number of amides is 1. The molecule has 1 amide bonds. The Hall–Kier alpha value is -3.53. The fraction of sp³-hybridized carbons (Fsp3) is 0.250. The average Bonchev–Trinajstić information content (AvgIpc) is 2.85. The summed E-state index contributed by atoms with van der Waals surface area (Å²) in [7, 11) is 0. The fourth-order valence-electron chi connectivity index (χ4n) is 3.70. The molecule has 0 bridgehead atoms. The molecule has 7 heteroatoms. The van der Waals surface area contributed by atoms with E-state index >= 15 is 0 Å². The van der Waals surface area contributed by atoms with Gasteiger partial charge in [0.1, 0.15) is 17.4 Å². The van der Waals surface area contributed by atoms with Crippen LogP contribution in [-0.4, -0.2) is 29.9 Å². The van der Waals surface area contributed by atoms with Crippen LogP contribution in [0.4, 0.5) is 0 Å². The lowest BCUT2D eigenvalue weighted by Gasteiger charge is -2.35. The molecular weight excluding hydrogens is 346 g/mol. The van der Waals surface area contributed by atoms with Crippen LogP contribution in [0.1, 0.15) is 19.4 Å². The van der Waals surface area contributed by atoms with E-state index in [4.69, 9.17) is 15.2 Å². The molecule has 2 heterocycles. The number of nitrogens with zero attached hydrogens (tertiary/aromatic N) is 2. The molecule has 1 atom stereocenters. The van der Waals surface area contributed by atoms with E-state index in [0.717, 1.165) is 0 Å². The van der Waals surface area contributed by atoms with Crippen molar-refractivity contribution < 1.29 is 19.1 Å². The number of rotatable bonds is 4. The van der Waals surface area contributed by atoms with Gasteiger partial charge in [0.15, 0.2) is 5.41 Å². The van der Waals surface area contributed by atoms with Crippen LogP contribution >= 0.6 is 0 Å². The minimum Gasteiger partial charge on any atom is -0.463 e. The standard InChI is InChI=1S/C20H19N3O4/c1-4-10-23-12(3)16(18(24)26-5-2)20(19(23)25)13-8-6-7-9-15(13)27-17(22)14(20)11-21/h4,6-9H,1,5,10,22H2,2-3H3. The van der Waals surface area contributed by atoms with Gasteiger partial charge < -0.3 is 20.1 Å². The number of nitriles is 1. The highest BCUT2D eigenvalue weighted by molar-refractivity contribution is 6.12. The van der Waals surface area contributed by atoms with E-state index in [0.29, 0.717) is 17.0 Å². The first-order valence-electron chi connectivity index (χ1n) is 8.44. The molecule has 1 unspecified atom stereocenters. The molecule has 2 aliphatic heterocycles. The lowest BCUT2D eigenvalue weighted by molar-refractivity contribution is -0.140. The highest BCUT2D eigenvalue weighted by atomic mass is 16.5. The first kappa shape index (κ1) is 18.3. The quantitative estimate of drug-likeness (QED) is 0.645. The number of ether oxygens (including phenoxy) is 2. The van der Waals surface area contributed by atoms with Gasteiger partial charge in [-0.25, -0.2) is 4.79 Å². The van der Waals surface area contributed by atoms with E-state index in [-0.39, 0.29) is 30.2 Å². The Morgan fingerprint density at radius 1 is 1.48 bits per heavy atom. The number of allylic oxidation sites excluding steroid dienone is 1. The van der Waals surface area contributed by atoms with Gasteiger partial charge in [-0.1, -0.05) is 24.3 Å². The van der Waals surface area contributed by atoms with Crippen LogP contribution in [0.3, 0.4) is 0 Å². The summed E-state index contributed by atoms with van der Waals surface area (Å²) >= 11 is 0. The zero-order valence-corrected chi connectivity index (χ0v) is 15.1. The molecule has 0 saturated carbocycles. The predicted octanol–water partition coefficient (Wildman–Crippen LogP) is 1.88. The second-order valence-corrected chi connectivity index (χ2v) is 6.08. The summed E-state index contributed by atoms with van der Waals surface area (Å²) in [4.78, 5) is 27.9. The Morgan fingerprint density at radius 3 is 2.81 bits per heavy atom. The van der Waals surface area contributed by atoms with Gasteiger partial charge in [0.2, 0.25) is 11.8 Å². The lowest BCUT2D eigenvalue weighted by Crippen LogP contribution is -2.47. The molecule has 0 radical (unpaired) electrons. The van der Waals surface area contributed by atoms with Crippen LogP contribution < -0.4 is 10.5 Å². The summed E-state index contributed by atoms with van der Waals surface area (Å²) in [6.07, 6.45) is 1.55. The van der Waals surface area contributed by atoms with Crippen molar-refractivity contribution in [2.75, 3.05) is 13.2 Å². The Labute approximate surface area is 157 Å². The molecule has 0 aliphatic carbocycles. The van der Waals surface area contributed by atoms with Gasteiger partial charge in [0.05, 0.1) is 12.2 Å². The van der Waals surface area contributed by atoms with Gasteiger partial charge >= 0.3 is 5.97 Å². The molecule has 1 aromatic rings. The first-order chi connectivity index (χ1) is 12.9. The number of esters is 1. The summed E-state index contributed by atoms with van der Waals surface area (Å²) in [5.41, 5.74) is 5.02. The summed E-state index contributed by atoms with van der Waals surface area (Å²) in [6.45, 7) is 7.29. The maximum Gasteiger partial charge on any atom is 0.337 e. The smallest absolute Gasteiger partial charge is 0.337 e. The van der Waals surface area contributed by atoms with E-state index in [1.54, 1.807) is 44.2 Å². The largest absolute Gasteiger partial charge is 0.463 e. The molecule has 27 heavy (non-hydrogen) atoms. The molecule has 0 aromatic heterocycles. The minimum absolute atomic E-state index is 0.0754. The number of hydrogen-bond acceptors (Lipinski definition) is 6. The zero-order valence-electron chi connectivity index (χ0n) is 15.1. The lowest BCUT2D eigenvalue weighted by atomic mass is 9.68. The zero-order chi connectivity index (χ0) is 19.8. The predicted molar refractivity (Wildman–Crippen MR) is 96.8 cm³/mol. The molecule has 0 fully saturated rings. The molecular formula is C20H19N3O4. The average molecular weight is 365 g/mol. The molecule has 1 aromatic carbocycles. The van der Waals surface area contributed by atoms with E-state index in [2.05, 4.69) is 6.58 Å². The Kier molecular flexibility index (Phi) is 4.50. The van der Waals surface area contributed by atoms with Gasteiger partial charge in [0, 0.05) is 17.8 Å². The number of carbonyl (C=O) groups excluding carboxylic acids is 2. The molecule has 7 nitrogen and oxygen atoms in total. The van der Waals surface area contributed by atoms with Crippen molar-refractivity contribution in [1.82, 2.24) is 4.90 Å². The van der Waals surface area contributed by atoms with Crippen LogP contribution in [0.5, 0.6) is 5.75 Å². The summed E-state index contributed by atoms with van der Waals surface area (Å²) in [5.74, 6) is -1.03. The van der Waals surface area contributed by atoms with Crippen LogP contribution in [0.25, 0.3) is 0 Å². The monoisotopic (exact) mass is 365 g/mol. The van der Waals surface area contributed by atoms with Crippen LogP contribution in [0.15, 0.2) is 59.6 Å². The van der Waals surface area contributed by atoms with Crippen molar-refractivity contribution in [3.63, 3.8) is 0 Å². The number of hydrogen-bond donors (Lipinski definition) is 1. The van der Waals surface area contributed by atoms with Gasteiger partial charge in [-0.05, 0) is 19.9 Å². The molecule has 0 saturated heterocycles. The van der Waals surface area contributed by atoms with Crippen molar-refractivity contribution in [3.8, 4) is 11.8 Å². The number of carbonyl (C=O) groups is 2. The van der Waals surface area contributed by atoms with Gasteiger partial charge in [-0.2, -0.15) is 5.26 Å². The third kappa shape index (κ3) is 2.34. The van der Waals surface area contributed by atoms with E-state index < -0.39 is 17.3 Å². The Bertz CT molecular complexity index is 954. The normalized spacial score (nSPS) is 21.1. The van der Waals surface area contributed by atoms with E-state index in [1.165, 1.54) is 4.90 Å². The molecule has 138 valence electrons. The van der Waals surface area contributed by atoms with Crippen molar-refractivity contribution in [2.45, 2.75) is 19.3 Å². The summed E-state index contributed by atoms with van der Waals surface area (Å²) < 4.78 is 10.8. The SMILES string of the molecule is C=CCN1C(=O)C2(C(C#N)=C(N)Oc3ccccc32)C(C(=O)OCC)=C1C. The minimum atomic E-state index is -1.70. The second kappa shape index (κ2) is 6.65. The number of benzene rings is 1. The third-order valence-corrected chi connectivity index (χ3v) is 4.74.